The van der Waals surface area contributed by atoms with E-state index in [1.54, 1.807) is 26.8 Å². The number of unbranched alkanes of at least 4 members (excludes halogenated alkanes) is 4. The van der Waals surface area contributed by atoms with Gasteiger partial charge in [0, 0.05) is 25.3 Å². The van der Waals surface area contributed by atoms with E-state index in [4.69, 9.17) is 18.9 Å². The molecule has 1 heterocycles. The topological polar surface area (TPSA) is 166 Å². The first kappa shape index (κ1) is 31.8. The highest BCUT2D eigenvalue weighted by Gasteiger charge is 2.73. The summed E-state index contributed by atoms with van der Waals surface area (Å²) >= 11 is 0. The van der Waals surface area contributed by atoms with Crippen molar-refractivity contribution in [2.24, 2.45) is 5.92 Å². The predicted molar refractivity (Wildman–Crippen MR) is 140 cm³/mol. The molecule has 0 spiro atoms. The van der Waals surface area contributed by atoms with Crippen molar-refractivity contribution in [2.75, 3.05) is 0 Å². The summed E-state index contributed by atoms with van der Waals surface area (Å²) in [5.41, 5.74) is -4.29. The lowest BCUT2D eigenvalue weighted by Crippen LogP contribution is -2.63. The molecule has 8 atom stereocenters. The lowest BCUT2D eigenvalue weighted by molar-refractivity contribution is -0.190. The van der Waals surface area contributed by atoms with E-state index in [1.807, 2.05) is 0 Å². The Morgan fingerprint density at radius 3 is 2.33 bits per heavy atom. The fourth-order valence-electron chi connectivity index (χ4n) is 5.94. The Morgan fingerprint density at radius 1 is 1.07 bits per heavy atom. The normalized spacial score (nSPS) is 35.4. The van der Waals surface area contributed by atoms with Crippen LogP contribution in [0.2, 0.25) is 0 Å². The monoisotopic (exact) mass is 566 g/mol. The van der Waals surface area contributed by atoms with E-state index >= 15 is 0 Å². The number of esters is 4. The van der Waals surface area contributed by atoms with Crippen molar-refractivity contribution in [1.29, 1.82) is 0 Å². The van der Waals surface area contributed by atoms with Gasteiger partial charge in [-0.3, -0.25) is 9.59 Å². The highest BCUT2D eigenvalue weighted by Crippen LogP contribution is 2.54. The van der Waals surface area contributed by atoms with Crippen LogP contribution in [0.4, 0.5) is 0 Å². The molecule has 2 fully saturated rings. The number of fused-ring (bicyclic) bond motifs is 3. The number of allylic oxidation sites excluding steroid dienone is 1. The molecule has 3 rings (SSSR count). The molecule has 0 amide bonds. The molecule has 11 heteroatoms. The average molecular weight is 567 g/mol. The van der Waals surface area contributed by atoms with Gasteiger partial charge in [-0.1, -0.05) is 38.7 Å². The third-order valence-corrected chi connectivity index (χ3v) is 8.40. The van der Waals surface area contributed by atoms with Crippen molar-refractivity contribution in [3.63, 3.8) is 0 Å². The molecule has 0 bridgehead atoms. The number of aliphatic hydroxyl groups excluding tert-OH is 1. The highest BCUT2D eigenvalue weighted by atomic mass is 16.6. The second-order valence-corrected chi connectivity index (χ2v) is 11.2. The van der Waals surface area contributed by atoms with E-state index in [0.29, 0.717) is 17.6 Å². The third kappa shape index (κ3) is 5.69. The number of carbonyl (C=O) groups excluding carboxylic acids is 4. The van der Waals surface area contributed by atoms with E-state index in [-0.39, 0.29) is 12.0 Å². The molecule has 0 radical (unpaired) electrons. The molecule has 40 heavy (non-hydrogen) atoms. The molecule has 0 unspecified atom stereocenters. The summed E-state index contributed by atoms with van der Waals surface area (Å²) in [6.07, 6.45) is -1.17. The van der Waals surface area contributed by atoms with Crippen LogP contribution in [0.15, 0.2) is 22.8 Å². The average Bonchev–Trinajstić information content (AvgIpc) is 3.20. The molecule has 2 aliphatic carbocycles. The summed E-state index contributed by atoms with van der Waals surface area (Å²) in [7, 11) is 0. The van der Waals surface area contributed by atoms with E-state index in [1.165, 1.54) is 6.92 Å². The van der Waals surface area contributed by atoms with Crippen LogP contribution in [0.25, 0.3) is 0 Å². The Labute approximate surface area is 234 Å². The van der Waals surface area contributed by atoms with Gasteiger partial charge in [-0.05, 0) is 45.3 Å². The van der Waals surface area contributed by atoms with E-state index < -0.39 is 77.9 Å². The molecule has 3 aliphatic rings. The number of carbonyl (C=O) groups is 4. The van der Waals surface area contributed by atoms with Gasteiger partial charge in [-0.2, -0.15) is 0 Å². The van der Waals surface area contributed by atoms with E-state index in [9.17, 15) is 34.5 Å². The first-order chi connectivity index (χ1) is 18.7. The van der Waals surface area contributed by atoms with Crippen molar-refractivity contribution in [3.8, 4) is 0 Å². The van der Waals surface area contributed by atoms with Gasteiger partial charge >= 0.3 is 23.9 Å². The Bertz CT molecular complexity index is 1070. The van der Waals surface area contributed by atoms with E-state index in [0.717, 1.165) is 32.6 Å². The minimum Gasteiger partial charge on any atom is -0.462 e. The Hall–Kier alpha value is -2.76. The highest BCUT2D eigenvalue weighted by molar-refractivity contribution is 5.88. The predicted octanol–water partition coefficient (Wildman–Crippen LogP) is 2.19. The van der Waals surface area contributed by atoms with Crippen LogP contribution in [-0.2, 0) is 38.1 Å². The first-order valence-corrected chi connectivity index (χ1v) is 14.0. The van der Waals surface area contributed by atoms with Gasteiger partial charge in [0.05, 0.1) is 12.0 Å². The SMILES string of the molecule is C/C=C(/C)C(=O)O[C@H]1C(C)=C2[C@H]([C@@H]1OC(=O)CCCCCCC)[C@@H](OC(C)=O)C[C@H](O)[C@@]1(O)[C@H]2OC(=O)[C@@]1(C)O. The Morgan fingerprint density at radius 2 is 1.73 bits per heavy atom. The molecule has 224 valence electrons. The molecular weight excluding hydrogens is 524 g/mol. The Balaban J connectivity index is 2.09. The van der Waals surface area contributed by atoms with Crippen molar-refractivity contribution in [3.05, 3.63) is 22.8 Å². The maximum Gasteiger partial charge on any atom is 0.341 e. The number of aliphatic hydroxyl groups is 3. The van der Waals surface area contributed by atoms with Crippen molar-refractivity contribution in [1.82, 2.24) is 0 Å². The molecule has 1 aliphatic heterocycles. The zero-order chi connectivity index (χ0) is 30.0. The molecule has 0 aromatic rings. The van der Waals surface area contributed by atoms with Crippen LogP contribution < -0.4 is 0 Å². The van der Waals surface area contributed by atoms with Crippen molar-refractivity contribution < 1.29 is 53.4 Å². The second-order valence-electron chi connectivity index (χ2n) is 11.2. The van der Waals surface area contributed by atoms with Gasteiger partial charge in [0.15, 0.2) is 29.5 Å². The Kier molecular flexibility index (Phi) is 9.85. The van der Waals surface area contributed by atoms with Crippen LogP contribution in [0, 0.1) is 5.92 Å². The number of ether oxygens (including phenoxy) is 4. The molecule has 0 aromatic carbocycles. The largest absolute Gasteiger partial charge is 0.462 e. The van der Waals surface area contributed by atoms with Gasteiger partial charge < -0.3 is 34.3 Å². The summed E-state index contributed by atoms with van der Waals surface area (Å²) in [4.78, 5) is 50.7. The summed E-state index contributed by atoms with van der Waals surface area (Å²) in [6, 6.07) is 0. The molecular formula is C29H42O11. The van der Waals surface area contributed by atoms with Crippen LogP contribution in [0.5, 0.6) is 0 Å². The van der Waals surface area contributed by atoms with Crippen LogP contribution >= 0.6 is 0 Å². The molecule has 11 nitrogen and oxygen atoms in total. The minimum atomic E-state index is -2.53. The maximum atomic E-state index is 13.0. The van der Waals surface area contributed by atoms with Gasteiger partial charge in [-0.25, -0.2) is 9.59 Å². The van der Waals surface area contributed by atoms with Crippen molar-refractivity contribution in [2.45, 2.75) is 128 Å². The summed E-state index contributed by atoms with van der Waals surface area (Å²) in [5, 5.41) is 33.8. The zero-order valence-corrected chi connectivity index (χ0v) is 24.1. The molecule has 1 saturated heterocycles. The molecule has 0 aromatic heterocycles. The number of hydrogen-bond acceptors (Lipinski definition) is 11. The maximum absolute atomic E-state index is 13.0. The smallest absolute Gasteiger partial charge is 0.341 e. The van der Waals surface area contributed by atoms with Gasteiger partial charge in [0.1, 0.15) is 6.10 Å². The third-order valence-electron chi connectivity index (χ3n) is 8.40. The lowest BCUT2D eigenvalue weighted by atomic mass is 9.75. The van der Waals surface area contributed by atoms with Gasteiger partial charge in [0.2, 0.25) is 0 Å². The standard InChI is InChI=1S/C29H42O11/c1-7-9-10-11-12-13-20(32)38-24-22-18(37-17(5)30)14-19(31)29(36)25(40-27(34)28(29,6)35)21(22)16(4)23(24)39-26(33)15(3)8-2/h8,18-19,22-25,31,35-36H,7,9-14H2,1-6H3/b15-8-/t18-,19-,22+,23-,24-,25-,28+,29+/m0/s1. The summed E-state index contributed by atoms with van der Waals surface area (Å²) in [5.74, 6) is -4.15. The number of rotatable bonds is 10. The minimum absolute atomic E-state index is 0.105. The lowest BCUT2D eigenvalue weighted by Gasteiger charge is -2.37. The fourth-order valence-corrected chi connectivity index (χ4v) is 5.94. The van der Waals surface area contributed by atoms with Crippen LogP contribution in [-0.4, -0.2) is 80.9 Å². The second kappa shape index (κ2) is 12.4. The van der Waals surface area contributed by atoms with E-state index in [2.05, 4.69) is 6.92 Å². The van der Waals surface area contributed by atoms with Gasteiger partial charge in [-0.15, -0.1) is 0 Å². The fraction of sp³-hybridized carbons (Fsp3) is 0.724. The molecule has 1 saturated carbocycles. The van der Waals surface area contributed by atoms with Gasteiger partial charge in [0.25, 0.3) is 0 Å². The number of hydrogen-bond donors (Lipinski definition) is 3. The first-order valence-electron chi connectivity index (χ1n) is 14.0. The van der Waals surface area contributed by atoms with Crippen molar-refractivity contribution >= 4 is 23.9 Å². The molecule has 3 N–H and O–H groups in total. The zero-order valence-electron chi connectivity index (χ0n) is 24.1. The quantitative estimate of drug-likeness (QED) is 0.117. The van der Waals surface area contributed by atoms with Crippen LogP contribution in [0.1, 0.15) is 86.5 Å². The summed E-state index contributed by atoms with van der Waals surface area (Å²) < 4.78 is 22.7. The summed E-state index contributed by atoms with van der Waals surface area (Å²) in [6.45, 7) is 9.07. The van der Waals surface area contributed by atoms with Crippen LogP contribution in [0.3, 0.4) is 0 Å².